The van der Waals surface area contributed by atoms with Crippen LogP contribution in [0.1, 0.15) is 0 Å². The fraction of sp³-hybridized carbons (Fsp3) is 0.0500. The Bertz CT molecular complexity index is 1330. The van der Waals surface area contributed by atoms with E-state index in [9.17, 15) is 4.79 Å². The molecule has 1 amide bonds. The van der Waals surface area contributed by atoms with Gasteiger partial charge in [0, 0.05) is 5.56 Å². The van der Waals surface area contributed by atoms with E-state index in [0.717, 1.165) is 33.6 Å². The molecule has 0 saturated heterocycles. The average Bonchev–Trinajstić information content (AvgIpc) is 3.42. The molecule has 29 heavy (non-hydrogen) atoms. The number of carbonyl (C=O) groups excluding carboxylic acids is 1. The van der Waals surface area contributed by atoms with E-state index >= 15 is 0 Å². The van der Waals surface area contributed by atoms with Gasteiger partial charge in [-0.15, -0.1) is 10.2 Å². The van der Waals surface area contributed by atoms with Gasteiger partial charge in [0.2, 0.25) is 11.8 Å². The highest BCUT2D eigenvalue weighted by Crippen LogP contribution is 2.27. The minimum atomic E-state index is -0.180. The number of benzene rings is 3. The number of carbonyl (C=O) groups is 1. The number of nitrogens with zero attached hydrogens (tertiary/aromatic N) is 4. The standard InChI is InChI=1S/C20H13N5O2S2/c26-17(21-15-6-3-7-16-18(15)25-29-24-16)11-28-20-23-22-19(27-20)14-9-8-12-4-1-2-5-13(12)10-14/h1-10H,11H2,(H,21,26). The molecule has 0 unspecified atom stereocenters. The summed E-state index contributed by atoms with van der Waals surface area (Å²) in [7, 11) is 0. The Morgan fingerprint density at radius 3 is 2.83 bits per heavy atom. The first kappa shape index (κ1) is 17.8. The van der Waals surface area contributed by atoms with Crippen molar-refractivity contribution in [3.63, 3.8) is 0 Å². The van der Waals surface area contributed by atoms with Gasteiger partial charge in [0.1, 0.15) is 11.0 Å². The van der Waals surface area contributed by atoms with Crippen LogP contribution in [0, 0.1) is 0 Å². The second-order valence-electron chi connectivity index (χ2n) is 6.21. The second-order valence-corrected chi connectivity index (χ2v) is 7.66. The second kappa shape index (κ2) is 7.61. The number of hydrogen-bond donors (Lipinski definition) is 1. The summed E-state index contributed by atoms with van der Waals surface area (Å²) >= 11 is 2.30. The molecular formula is C20H13N5O2S2. The summed E-state index contributed by atoms with van der Waals surface area (Å²) in [5.41, 5.74) is 2.93. The molecule has 0 aliphatic carbocycles. The van der Waals surface area contributed by atoms with Crippen molar-refractivity contribution < 1.29 is 9.21 Å². The summed E-state index contributed by atoms with van der Waals surface area (Å²) in [6, 6.07) is 19.5. The third-order valence-corrected chi connectivity index (χ3v) is 5.65. The average molecular weight is 419 g/mol. The molecule has 0 bridgehead atoms. The van der Waals surface area contributed by atoms with Crippen molar-refractivity contribution in [3.8, 4) is 11.5 Å². The van der Waals surface area contributed by atoms with E-state index in [0.29, 0.717) is 22.3 Å². The van der Waals surface area contributed by atoms with Gasteiger partial charge in [0.15, 0.2) is 0 Å². The first-order valence-corrected chi connectivity index (χ1v) is 10.4. The van der Waals surface area contributed by atoms with E-state index < -0.39 is 0 Å². The van der Waals surface area contributed by atoms with Crippen molar-refractivity contribution in [2.45, 2.75) is 5.22 Å². The van der Waals surface area contributed by atoms with Gasteiger partial charge in [-0.3, -0.25) is 4.79 Å². The highest BCUT2D eigenvalue weighted by molar-refractivity contribution is 7.99. The van der Waals surface area contributed by atoms with Gasteiger partial charge < -0.3 is 9.73 Å². The zero-order valence-electron chi connectivity index (χ0n) is 14.9. The molecule has 0 spiro atoms. The van der Waals surface area contributed by atoms with Crippen LogP contribution in [0.5, 0.6) is 0 Å². The minimum Gasteiger partial charge on any atom is -0.411 e. The predicted molar refractivity (Wildman–Crippen MR) is 114 cm³/mol. The maximum atomic E-state index is 12.3. The van der Waals surface area contributed by atoms with Crippen molar-refractivity contribution >= 4 is 56.9 Å². The molecule has 0 aliphatic heterocycles. The van der Waals surface area contributed by atoms with E-state index in [-0.39, 0.29) is 11.7 Å². The number of nitrogens with one attached hydrogen (secondary N) is 1. The minimum absolute atomic E-state index is 0.146. The summed E-state index contributed by atoms with van der Waals surface area (Å²) in [4.78, 5) is 12.3. The van der Waals surface area contributed by atoms with Crippen LogP contribution in [0.15, 0.2) is 70.3 Å². The van der Waals surface area contributed by atoms with Crippen LogP contribution < -0.4 is 5.32 Å². The number of thioether (sulfide) groups is 1. The molecule has 2 heterocycles. The number of rotatable bonds is 5. The number of aromatic nitrogens is 4. The Morgan fingerprint density at radius 1 is 1.00 bits per heavy atom. The van der Waals surface area contributed by atoms with E-state index in [1.165, 1.54) is 11.8 Å². The fourth-order valence-corrected chi connectivity index (χ4v) is 4.04. The smallest absolute Gasteiger partial charge is 0.277 e. The van der Waals surface area contributed by atoms with Gasteiger partial charge >= 0.3 is 0 Å². The normalized spacial score (nSPS) is 11.2. The molecule has 0 radical (unpaired) electrons. The fourth-order valence-electron chi connectivity index (χ4n) is 2.93. The van der Waals surface area contributed by atoms with E-state index in [1.54, 1.807) is 6.07 Å². The zero-order valence-corrected chi connectivity index (χ0v) is 16.5. The lowest BCUT2D eigenvalue weighted by Gasteiger charge is -2.04. The van der Waals surface area contributed by atoms with Crippen molar-refractivity contribution in [2.24, 2.45) is 0 Å². The number of hydrogen-bond acceptors (Lipinski definition) is 8. The quantitative estimate of drug-likeness (QED) is 0.415. The van der Waals surface area contributed by atoms with Crippen LogP contribution in [0.4, 0.5) is 5.69 Å². The van der Waals surface area contributed by atoms with Crippen molar-refractivity contribution in [2.75, 3.05) is 11.1 Å². The topological polar surface area (TPSA) is 93.8 Å². The van der Waals surface area contributed by atoms with Crippen LogP contribution in [0.2, 0.25) is 0 Å². The summed E-state index contributed by atoms with van der Waals surface area (Å²) < 4.78 is 14.1. The summed E-state index contributed by atoms with van der Waals surface area (Å²) in [6.45, 7) is 0. The summed E-state index contributed by atoms with van der Waals surface area (Å²) in [5, 5.41) is 13.6. The van der Waals surface area contributed by atoms with Crippen molar-refractivity contribution in [3.05, 3.63) is 60.7 Å². The Balaban J connectivity index is 1.26. The van der Waals surface area contributed by atoms with E-state index in [1.807, 2.05) is 48.5 Å². The third-order valence-electron chi connectivity index (χ3n) is 4.29. The lowest BCUT2D eigenvalue weighted by molar-refractivity contribution is -0.113. The highest BCUT2D eigenvalue weighted by Gasteiger charge is 2.13. The third kappa shape index (κ3) is 3.69. The SMILES string of the molecule is O=C(CSc1nnc(-c2ccc3ccccc3c2)o1)Nc1cccc2nsnc12. The molecule has 5 rings (SSSR count). The van der Waals surface area contributed by atoms with Gasteiger partial charge in [0.05, 0.1) is 23.2 Å². The number of fused-ring (bicyclic) bond motifs is 2. The molecule has 9 heteroatoms. The molecule has 0 fully saturated rings. The lowest BCUT2D eigenvalue weighted by atomic mass is 10.1. The van der Waals surface area contributed by atoms with Crippen LogP contribution in [-0.4, -0.2) is 30.6 Å². The first-order chi connectivity index (χ1) is 14.3. The Morgan fingerprint density at radius 2 is 1.90 bits per heavy atom. The van der Waals surface area contributed by atoms with Gasteiger partial charge in [-0.05, 0) is 35.0 Å². The van der Waals surface area contributed by atoms with Crippen LogP contribution >= 0.6 is 23.5 Å². The van der Waals surface area contributed by atoms with Crippen LogP contribution in [0.25, 0.3) is 33.3 Å². The van der Waals surface area contributed by atoms with Gasteiger partial charge in [-0.25, -0.2) is 0 Å². The number of anilines is 1. The molecule has 5 aromatic rings. The summed E-state index contributed by atoms with van der Waals surface area (Å²) in [5.74, 6) is 0.394. The van der Waals surface area contributed by atoms with E-state index in [4.69, 9.17) is 4.42 Å². The maximum absolute atomic E-state index is 12.3. The Hall–Kier alpha value is -3.30. The highest BCUT2D eigenvalue weighted by atomic mass is 32.2. The van der Waals surface area contributed by atoms with Gasteiger partial charge in [-0.1, -0.05) is 48.2 Å². The van der Waals surface area contributed by atoms with Gasteiger partial charge in [-0.2, -0.15) is 8.75 Å². The molecule has 0 saturated carbocycles. The molecule has 3 aromatic carbocycles. The molecule has 0 aliphatic rings. The van der Waals surface area contributed by atoms with Crippen molar-refractivity contribution in [1.82, 2.24) is 18.9 Å². The largest absolute Gasteiger partial charge is 0.411 e. The maximum Gasteiger partial charge on any atom is 0.277 e. The van der Waals surface area contributed by atoms with Crippen LogP contribution in [-0.2, 0) is 4.79 Å². The first-order valence-electron chi connectivity index (χ1n) is 8.73. The molecule has 2 aromatic heterocycles. The van der Waals surface area contributed by atoms with Crippen molar-refractivity contribution in [1.29, 1.82) is 0 Å². The van der Waals surface area contributed by atoms with Crippen LogP contribution in [0.3, 0.4) is 0 Å². The Kier molecular flexibility index (Phi) is 4.66. The summed E-state index contributed by atoms with van der Waals surface area (Å²) in [6.07, 6.45) is 0. The lowest BCUT2D eigenvalue weighted by Crippen LogP contribution is -2.14. The van der Waals surface area contributed by atoms with E-state index in [2.05, 4.69) is 30.3 Å². The Labute approximate surface area is 173 Å². The molecule has 7 nitrogen and oxygen atoms in total. The molecule has 1 N–H and O–H groups in total. The van der Waals surface area contributed by atoms with Gasteiger partial charge in [0.25, 0.3) is 5.22 Å². The zero-order chi connectivity index (χ0) is 19.6. The monoisotopic (exact) mass is 419 g/mol. The molecule has 142 valence electrons. The molecule has 0 atom stereocenters. The number of amides is 1. The molecular weight excluding hydrogens is 406 g/mol. The predicted octanol–water partition coefficient (Wildman–Crippen LogP) is 4.63.